The molecular formula is C17H17FN2O4S. The zero-order chi connectivity index (χ0) is 18.0. The third kappa shape index (κ3) is 3.58. The lowest BCUT2D eigenvalue weighted by atomic mass is 10.2. The van der Waals surface area contributed by atoms with Crippen LogP contribution in [-0.2, 0) is 14.8 Å². The number of carbonyl (C=O) groups is 1. The highest BCUT2D eigenvalue weighted by Crippen LogP contribution is 2.25. The second-order valence-corrected chi connectivity index (χ2v) is 7.28. The average Bonchev–Trinajstić information content (AvgIpc) is 3.01. The van der Waals surface area contributed by atoms with Gasteiger partial charge in [0, 0.05) is 24.3 Å². The first kappa shape index (κ1) is 17.2. The highest BCUT2D eigenvalue weighted by atomic mass is 32.2. The number of anilines is 2. The Morgan fingerprint density at radius 1 is 1.16 bits per heavy atom. The molecule has 1 amide bonds. The van der Waals surface area contributed by atoms with Crippen LogP contribution in [0.3, 0.4) is 0 Å². The quantitative estimate of drug-likeness (QED) is 0.885. The Bertz CT molecular complexity index is 897. The van der Waals surface area contributed by atoms with E-state index in [-0.39, 0.29) is 16.6 Å². The van der Waals surface area contributed by atoms with Crippen molar-refractivity contribution < 1.29 is 22.3 Å². The fourth-order valence-electron chi connectivity index (χ4n) is 2.66. The van der Waals surface area contributed by atoms with Crippen LogP contribution < -0.4 is 14.4 Å². The molecule has 0 aromatic heterocycles. The summed E-state index contributed by atoms with van der Waals surface area (Å²) >= 11 is 0. The fraction of sp³-hybridized carbons (Fsp3) is 0.235. The Morgan fingerprint density at radius 3 is 2.44 bits per heavy atom. The monoisotopic (exact) mass is 364 g/mol. The van der Waals surface area contributed by atoms with Gasteiger partial charge in [-0.3, -0.25) is 9.52 Å². The first-order valence-corrected chi connectivity index (χ1v) is 9.16. The van der Waals surface area contributed by atoms with Crippen LogP contribution in [0.15, 0.2) is 47.4 Å². The number of carbonyl (C=O) groups excluding carboxylic acids is 1. The van der Waals surface area contributed by atoms with E-state index in [1.54, 1.807) is 29.2 Å². The minimum atomic E-state index is -3.93. The van der Waals surface area contributed by atoms with E-state index >= 15 is 0 Å². The van der Waals surface area contributed by atoms with Gasteiger partial charge in [-0.2, -0.15) is 0 Å². The van der Waals surface area contributed by atoms with Gasteiger partial charge < -0.3 is 9.64 Å². The van der Waals surface area contributed by atoms with Gasteiger partial charge in [-0.15, -0.1) is 0 Å². The van der Waals surface area contributed by atoms with Gasteiger partial charge in [0.05, 0.1) is 12.0 Å². The van der Waals surface area contributed by atoms with Crippen molar-refractivity contribution in [1.29, 1.82) is 0 Å². The molecule has 2 aromatic rings. The van der Waals surface area contributed by atoms with Crippen molar-refractivity contribution in [1.82, 2.24) is 0 Å². The van der Waals surface area contributed by atoms with E-state index < -0.39 is 15.8 Å². The Hall–Kier alpha value is -2.61. The van der Waals surface area contributed by atoms with E-state index in [1.165, 1.54) is 19.2 Å². The van der Waals surface area contributed by atoms with Crippen molar-refractivity contribution in [2.75, 3.05) is 23.3 Å². The molecule has 0 spiro atoms. The molecule has 6 nitrogen and oxygen atoms in total. The number of benzene rings is 2. The van der Waals surface area contributed by atoms with Crippen LogP contribution in [0.1, 0.15) is 12.8 Å². The number of hydrogen-bond donors (Lipinski definition) is 1. The Kier molecular flexibility index (Phi) is 4.63. The number of amides is 1. The molecule has 1 aliphatic heterocycles. The van der Waals surface area contributed by atoms with E-state index in [0.29, 0.717) is 18.7 Å². The van der Waals surface area contributed by atoms with Crippen molar-refractivity contribution in [3.05, 3.63) is 48.3 Å². The van der Waals surface area contributed by atoms with Crippen LogP contribution in [0, 0.1) is 5.82 Å². The van der Waals surface area contributed by atoms with Crippen molar-refractivity contribution >= 4 is 27.3 Å². The van der Waals surface area contributed by atoms with E-state index in [9.17, 15) is 17.6 Å². The van der Waals surface area contributed by atoms with E-state index in [2.05, 4.69) is 4.72 Å². The summed E-state index contributed by atoms with van der Waals surface area (Å²) in [6.07, 6.45) is 1.34. The summed E-state index contributed by atoms with van der Waals surface area (Å²) in [5.41, 5.74) is 1.05. The van der Waals surface area contributed by atoms with Crippen LogP contribution in [0.2, 0.25) is 0 Å². The van der Waals surface area contributed by atoms with Crippen LogP contribution in [0.5, 0.6) is 5.75 Å². The SMILES string of the molecule is COc1ccc(S(=O)(=O)Nc2ccc(N3CCCC3=O)cc2)cc1F. The van der Waals surface area contributed by atoms with E-state index in [1.807, 2.05) is 0 Å². The molecule has 1 fully saturated rings. The molecule has 25 heavy (non-hydrogen) atoms. The van der Waals surface area contributed by atoms with Crippen LogP contribution in [0.25, 0.3) is 0 Å². The molecular weight excluding hydrogens is 347 g/mol. The van der Waals surface area contributed by atoms with Gasteiger partial charge in [-0.1, -0.05) is 0 Å². The minimum absolute atomic E-state index is 0.0291. The predicted octanol–water partition coefficient (Wildman–Crippen LogP) is 2.76. The van der Waals surface area contributed by atoms with Crippen molar-refractivity contribution in [2.24, 2.45) is 0 Å². The zero-order valence-electron chi connectivity index (χ0n) is 13.5. The van der Waals surface area contributed by atoms with Gasteiger partial charge in [0.1, 0.15) is 0 Å². The summed E-state index contributed by atoms with van der Waals surface area (Å²) in [6, 6.07) is 9.91. The predicted molar refractivity (Wildman–Crippen MR) is 91.8 cm³/mol. The van der Waals surface area contributed by atoms with E-state index in [4.69, 9.17) is 4.74 Å². The fourth-order valence-corrected chi connectivity index (χ4v) is 3.73. The average molecular weight is 364 g/mol. The van der Waals surface area contributed by atoms with Crippen molar-refractivity contribution in [3.8, 4) is 5.75 Å². The Labute approximate surface area is 145 Å². The highest BCUT2D eigenvalue weighted by molar-refractivity contribution is 7.92. The number of methoxy groups -OCH3 is 1. The first-order chi connectivity index (χ1) is 11.9. The number of rotatable bonds is 5. The largest absolute Gasteiger partial charge is 0.494 e. The number of nitrogens with one attached hydrogen (secondary N) is 1. The summed E-state index contributed by atoms with van der Waals surface area (Å²) in [4.78, 5) is 13.2. The van der Waals surface area contributed by atoms with Crippen LogP contribution in [-0.4, -0.2) is 28.0 Å². The number of sulfonamides is 1. The molecule has 1 N–H and O–H groups in total. The molecule has 1 saturated heterocycles. The second-order valence-electron chi connectivity index (χ2n) is 5.60. The summed E-state index contributed by atoms with van der Waals surface area (Å²) < 4.78 is 45.6. The maximum Gasteiger partial charge on any atom is 0.262 e. The number of hydrogen-bond acceptors (Lipinski definition) is 4. The van der Waals surface area contributed by atoms with Crippen molar-refractivity contribution in [2.45, 2.75) is 17.7 Å². The smallest absolute Gasteiger partial charge is 0.262 e. The van der Waals surface area contributed by atoms with Gasteiger partial charge in [-0.05, 0) is 48.9 Å². The standard InChI is InChI=1S/C17H17FN2O4S/c1-24-16-9-8-14(11-15(16)18)25(22,23)19-12-4-6-13(7-5-12)20-10-2-3-17(20)21/h4-9,11,19H,2-3,10H2,1H3. The Morgan fingerprint density at radius 2 is 1.88 bits per heavy atom. The summed E-state index contributed by atoms with van der Waals surface area (Å²) in [5.74, 6) is -0.728. The molecule has 0 atom stereocenters. The molecule has 0 saturated carbocycles. The molecule has 0 unspecified atom stereocenters. The summed E-state index contributed by atoms with van der Waals surface area (Å²) in [7, 11) is -2.63. The maximum atomic E-state index is 13.7. The maximum absolute atomic E-state index is 13.7. The number of nitrogens with zero attached hydrogens (tertiary/aromatic N) is 1. The van der Waals surface area contributed by atoms with Crippen molar-refractivity contribution in [3.63, 3.8) is 0 Å². The third-order valence-electron chi connectivity index (χ3n) is 3.94. The number of ether oxygens (including phenoxy) is 1. The lowest BCUT2D eigenvalue weighted by molar-refractivity contribution is -0.117. The van der Waals surface area contributed by atoms with Gasteiger partial charge in [0.25, 0.3) is 10.0 Å². The minimum Gasteiger partial charge on any atom is -0.494 e. The molecule has 1 aliphatic rings. The molecule has 3 rings (SSSR count). The van der Waals surface area contributed by atoms with Gasteiger partial charge in [0.15, 0.2) is 11.6 Å². The molecule has 0 aliphatic carbocycles. The first-order valence-electron chi connectivity index (χ1n) is 7.67. The van der Waals surface area contributed by atoms with Gasteiger partial charge in [0.2, 0.25) is 5.91 Å². The topological polar surface area (TPSA) is 75.7 Å². The lowest BCUT2D eigenvalue weighted by Gasteiger charge is -2.16. The normalized spacial score (nSPS) is 14.6. The molecule has 1 heterocycles. The molecule has 132 valence electrons. The molecule has 0 bridgehead atoms. The van der Waals surface area contributed by atoms with E-state index in [0.717, 1.165) is 18.2 Å². The third-order valence-corrected chi connectivity index (χ3v) is 5.32. The van der Waals surface area contributed by atoms with Crippen LogP contribution >= 0.6 is 0 Å². The molecule has 0 radical (unpaired) electrons. The van der Waals surface area contributed by atoms with Gasteiger partial charge >= 0.3 is 0 Å². The Balaban J connectivity index is 1.79. The molecule has 2 aromatic carbocycles. The van der Waals surface area contributed by atoms with Crippen LogP contribution in [0.4, 0.5) is 15.8 Å². The highest BCUT2D eigenvalue weighted by Gasteiger charge is 2.22. The zero-order valence-corrected chi connectivity index (χ0v) is 14.3. The molecule has 8 heteroatoms. The van der Waals surface area contributed by atoms with Gasteiger partial charge in [-0.25, -0.2) is 12.8 Å². The number of halogens is 1. The lowest BCUT2D eigenvalue weighted by Crippen LogP contribution is -2.23. The summed E-state index contributed by atoms with van der Waals surface area (Å²) in [5, 5.41) is 0. The summed E-state index contributed by atoms with van der Waals surface area (Å²) in [6.45, 7) is 0.662. The second kappa shape index (κ2) is 6.72.